The minimum Gasteiger partial charge on any atom is -0.550 e. The van der Waals surface area contributed by atoms with Crippen LogP contribution in [0, 0.1) is 0 Å². The zero-order valence-electron chi connectivity index (χ0n) is 8.58. The first kappa shape index (κ1) is 18.2. The first-order valence-electron chi connectivity index (χ1n) is 3.82. The molecule has 88 valence electrons. The van der Waals surface area contributed by atoms with Crippen LogP contribution in [-0.2, 0) is 24.4 Å². The molecule has 0 bridgehead atoms. The Morgan fingerprint density at radius 1 is 1.44 bits per heavy atom. The van der Waals surface area contributed by atoms with Gasteiger partial charge in [0.15, 0.2) is 5.25 Å². The molecule has 0 amide bonds. The summed E-state index contributed by atoms with van der Waals surface area (Å²) in [5, 5.41) is 7.94. The van der Waals surface area contributed by atoms with E-state index in [1.807, 2.05) is 0 Å². The van der Waals surface area contributed by atoms with Gasteiger partial charge in [-0.3, -0.25) is 9.35 Å². The van der Waals surface area contributed by atoms with Crippen molar-refractivity contribution in [1.82, 2.24) is 0 Å². The zero-order chi connectivity index (χ0) is 12.1. The van der Waals surface area contributed by atoms with E-state index >= 15 is 0 Å². The molecular formula is C6H10NNaO7S. The van der Waals surface area contributed by atoms with Gasteiger partial charge in [0, 0.05) is 18.9 Å². The van der Waals surface area contributed by atoms with Gasteiger partial charge in [-0.1, -0.05) is 0 Å². The van der Waals surface area contributed by atoms with E-state index in [4.69, 9.17) is 10.3 Å². The Hall–Kier alpha value is -0.190. The Morgan fingerprint density at radius 3 is 2.25 bits per heavy atom. The van der Waals surface area contributed by atoms with E-state index in [0.717, 1.165) is 0 Å². The molecule has 0 aromatic carbocycles. The van der Waals surface area contributed by atoms with E-state index in [0.29, 0.717) is 0 Å². The number of carbonyl (C=O) groups is 2. The van der Waals surface area contributed by atoms with E-state index in [9.17, 15) is 23.1 Å². The van der Waals surface area contributed by atoms with Crippen molar-refractivity contribution in [2.24, 2.45) is 5.73 Å². The quantitative estimate of drug-likeness (QED) is 0.273. The molecule has 1 unspecified atom stereocenters. The van der Waals surface area contributed by atoms with Crippen LogP contribution in [0.3, 0.4) is 0 Å². The minimum absolute atomic E-state index is 0. The average Bonchev–Trinajstić information content (AvgIpc) is 2.08. The topological polar surface area (TPSA) is 147 Å². The number of esters is 1. The number of ether oxygens (including phenoxy) is 1. The maximum atomic E-state index is 11.0. The second-order valence-corrected chi connectivity index (χ2v) is 4.13. The van der Waals surface area contributed by atoms with Gasteiger partial charge in [-0.2, -0.15) is 8.42 Å². The van der Waals surface area contributed by atoms with Gasteiger partial charge in [-0.05, 0) is 0 Å². The molecule has 1 atom stereocenters. The molecule has 0 aromatic rings. The second kappa shape index (κ2) is 7.98. The summed E-state index contributed by atoms with van der Waals surface area (Å²) in [5.74, 6) is -3.16. The van der Waals surface area contributed by atoms with Crippen LogP contribution in [-0.4, -0.2) is 43.3 Å². The third-order valence-electron chi connectivity index (χ3n) is 1.34. The predicted molar refractivity (Wildman–Crippen MR) is 45.0 cm³/mol. The number of aliphatic carboxylic acids is 1. The van der Waals surface area contributed by atoms with E-state index in [2.05, 4.69) is 4.74 Å². The van der Waals surface area contributed by atoms with Crippen LogP contribution in [0.15, 0.2) is 0 Å². The van der Waals surface area contributed by atoms with Crippen LogP contribution in [0.5, 0.6) is 0 Å². The summed E-state index contributed by atoms with van der Waals surface area (Å²) in [5.41, 5.74) is 4.97. The van der Waals surface area contributed by atoms with Gasteiger partial charge in [-0.25, -0.2) is 0 Å². The summed E-state index contributed by atoms with van der Waals surface area (Å²) in [6.45, 7) is -0.312. The van der Waals surface area contributed by atoms with Crippen molar-refractivity contribution in [2.75, 3.05) is 13.2 Å². The van der Waals surface area contributed by atoms with Gasteiger partial charge >= 0.3 is 35.5 Å². The van der Waals surface area contributed by atoms with Crippen LogP contribution in [0.25, 0.3) is 0 Å². The zero-order valence-corrected chi connectivity index (χ0v) is 11.4. The summed E-state index contributed by atoms with van der Waals surface area (Å²) in [6, 6.07) is 0. The summed E-state index contributed by atoms with van der Waals surface area (Å²) >= 11 is 0. The number of carbonyl (C=O) groups excluding carboxylic acids is 2. The molecule has 0 saturated carbocycles. The molecule has 0 aliphatic rings. The summed E-state index contributed by atoms with van der Waals surface area (Å²) in [6.07, 6.45) is -1.16. The molecule has 0 spiro atoms. The van der Waals surface area contributed by atoms with Gasteiger partial charge in [0.25, 0.3) is 10.1 Å². The van der Waals surface area contributed by atoms with Gasteiger partial charge in [-0.15, -0.1) is 0 Å². The summed E-state index contributed by atoms with van der Waals surface area (Å²) in [7, 11) is -4.83. The third-order valence-corrected chi connectivity index (χ3v) is 2.41. The Morgan fingerprint density at radius 2 is 1.94 bits per heavy atom. The van der Waals surface area contributed by atoms with Crippen LogP contribution >= 0.6 is 0 Å². The van der Waals surface area contributed by atoms with Crippen molar-refractivity contribution in [3.8, 4) is 0 Å². The Bertz CT molecular complexity index is 341. The van der Waals surface area contributed by atoms with E-state index in [1.165, 1.54) is 0 Å². The SMILES string of the molecule is NCCOC(=O)C(CC(=O)[O-])S(=O)(=O)O.[Na+]. The van der Waals surface area contributed by atoms with E-state index in [1.54, 1.807) is 0 Å². The smallest absolute Gasteiger partial charge is 0.550 e. The molecule has 8 nitrogen and oxygen atoms in total. The molecule has 0 fully saturated rings. The number of carboxylic acids is 1. The first-order valence-corrected chi connectivity index (χ1v) is 5.32. The Balaban J connectivity index is 0. The number of hydrogen-bond donors (Lipinski definition) is 2. The van der Waals surface area contributed by atoms with Crippen molar-refractivity contribution < 1.29 is 62.0 Å². The van der Waals surface area contributed by atoms with Crippen LogP contribution in [0.2, 0.25) is 0 Å². The van der Waals surface area contributed by atoms with Crippen molar-refractivity contribution >= 4 is 22.1 Å². The molecule has 0 aliphatic heterocycles. The molecule has 0 aliphatic carbocycles. The standard InChI is InChI=1S/C6H11NO7S.Na/c7-1-2-14-6(10)4(3-5(8)9)15(11,12)13;/h4H,1-3,7H2,(H,8,9)(H,11,12,13);/q;+1/p-1. The normalized spacial score (nSPS) is 12.4. The van der Waals surface area contributed by atoms with Gasteiger partial charge < -0.3 is 20.4 Å². The average molecular weight is 263 g/mol. The third kappa shape index (κ3) is 7.14. The van der Waals surface area contributed by atoms with Crippen LogP contribution in [0.1, 0.15) is 6.42 Å². The van der Waals surface area contributed by atoms with Gasteiger partial charge in [0.1, 0.15) is 6.61 Å². The number of carboxylic acid groups (broad SMARTS) is 1. The monoisotopic (exact) mass is 263 g/mol. The summed E-state index contributed by atoms with van der Waals surface area (Å²) in [4.78, 5) is 21.1. The maximum Gasteiger partial charge on any atom is 1.00 e. The maximum absolute atomic E-state index is 11.0. The fourth-order valence-corrected chi connectivity index (χ4v) is 1.37. The van der Waals surface area contributed by atoms with Crippen molar-refractivity contribution in [3.05, 3.63) is 0 Å². The van der Waals surface area contributed by atoms with Crippen LogP contribution < -0.4 is 40.4 Å². The van der Waals surface area contributed by atoms with Crippen molar-refractivity contribution in [2.45, 2.75) is 11.7 Å². The molecule has 0 saturated heterocycles. The number of rotatable bonds is 6. The molecule has 0 heterocycles. The molecular weight excluding hydrogens is 253 g/mol. The summed E-state index contributed by atoms with van der Waals surface area (Å²) < 4.78 is 34.0. The molecule has 10 heteroatoms. The number of hydrogen-bond acceptors (Lipinski definition) is 7. The van der Waals surface area contributed by atoms with Gasteiger partial charge in [0.2, 0.25) is 0 Å². The Kier molecular flexibility index (Phi) is 9.07. The molecule has 3 N–H and O–H groups in total. The van der Waals surface area contributed by atoms with Gasteiger partial charge in [0.05, 0.1) is 0 Å². The Labute approximate surface area is 114 Å². The van der Waals surface area contributed by atoms with Crippen LogP contribution in [0.4, 0.5) is 0 Å². The van der Waals surface area contributed by atoms with E-state index < -0.39 is 33.7 Å². The number of nitrogens with two attached hydrogens (primary N) is 1. The fourth-order valence-electron chi connectivity index (χ4n) is 0.714. The first-order chi connectivity index (χ1) is 6.79. The largest absolute Gasteiger partial charge is 1.00 e. The predicted octanol–water partition coefficient (Wildman–Crippen LogP) is -6.11. The van der Waals surface area contributed by atoms with Crippen molar-refractivity contribution in [1.29, 1.82) is 0 Å². The fraction of sp³-hybridized carbons (Fsp3) is 0.667. The minimum atomic E-state index is -4.83. The molecule has 0 aromatic heterocycles. The molecule has 16 heavy (non-hydrogen) atoms. The second-order valence-electron chi connectivity index (χ2n) is 2.54. The molecule has 0 radical (unpaired) electrons. The molecule has 0 rings (SSSR count). The van der Waals surface area contributed by atoms with Crippen molar-refractivity contribution in [3.63, 3.8) is 0 Å². The van der Waals surface area contributed by atoms with E-state index in [-0.39, 0.29) is 42.7 Å².